The molecule has 0 bridgehead atoms. The number of methoxy groups -OCH3 is 1. The van der Waals surface area contributed by atoms with Crippen LogP contribution in [0.25, 0.3) is 0 Å². The molecule has 0 fully saturated rings. The monoisotopic (exact) mass is 369 g/mol. The zero-order valence-corrected chi connectivity index (χ0v) is 10.3. The average molecular weight is 369 g/mol. The Bertz CT molecular complexity index is 410. The van der Waals surface area contributed by atoms with Crippen LogP contribution in [0.4, 0.5) is 22.0 Å². The van der Waals surface area contributed by atoms with Crippen LogP contribution in [0.5, 0.6) is 11.6 Å². The largest absolute Gasteiger partial charge is 0.573 e. The molecule has 1 rings (SSSR count). The maximum absolute atomic E-state index is 12.7. The van der Waals surface area contributed by atoms with E-state index in [1.54, 1.807) is 0 Å². The first-order valence-corrected chi connectivity index (χ1v) is 5.10. The van der Waals surface area contributed by atoms with E-state index < -0.39 is 30.0 Å². The van der Waals surface area contributed by atoms with Gasteiger partial charge in [-0.1, -0.05) is 0 Å². The summed E-state index contributed by atoms with van der Waals surface area (Å²) < 4.78 is 69.4. The molecule has 0 aliphatic heterocycles. The molecular formula is C8H5F5INO2. The molecule has 1 aromatic rings. The summed E-state index contributed by atoms with van der Waals surface area (Å²) in [5, 5.41) is 0. The maximum Gasteiger partial charge on any atom is 0.573 e. The molecule has 3 nitrogen and oxygen atoms in total. The van der Waals surface area contributed by atoms with E-state index in [1.807, 2.05) is 0 Å². The Kier molecular flexibility index (Phi) is 4.33. The number of pyridine rings is 1. The summed E-state index contributed by atoms with van der Waals surface area (Å²) in [4.78, 5) is 3.45. The molecule has 0 aliphatic rings. The van der Waals surface area contributed by atoms with Crippen LogP contribution in [-0.4, -0.2) is 18.5 Å². The van der Waals surface area contributed by atoms with E-state index in [0.717, 1.165) is 13.3 Å². The molecule has 0 saturated heterocycles. The Balaban J connectivity index is 3.34. The quantitative estimate of drug-likeness (QED) is 0.604. The normalized spacial score (nSPS) is 11.8. The summed E-state index contributed by atoms with van der Waals surface area (Å²) in [6.07, 6.45) is -7.30. The molecule has 0 atom stereocenters. The number of nitrogens with zero attached hydrogens (tertiary/aromatic N) is 1. The van der Waals surface area contributed by atoms with E-state index in [2.05, 4.69) is 14.5 Å². The van der Waals surface area contributed by atoms with Crippen molar-refractivity contribution in [3.63, 3.8) is 0 Å². The van der Waals surface area contributed by atoms with Gasteiger partial charge >= 0.3 is 6.36 Å². The Labute approximate surface area is 106 Å². The fourth-order valence-corrected chi connectivity index (χ4v) is 1.58. The van der Waals surface area contributed by atoms with Gasteiger partial charge in [-0.25, -0.2) is 13.8 Å². The summed E-state index contributed by atoms with van der Waals surface area (Å²) in [5.41, 5.74) is -1.02. The fraction of sp³-hybridized carbons (Fsp3) is 0.375. The topological polar surface area (TPSA) is 31.4 Å². The predicted molar refractivity (Wildman–Crippen MR) is 55.1 cm³/mol. The number of hydrogen-bond donors (Lipinski definition) is 0. The number of halogens is 6. The Morgan fingerprint density at radius 2 is 1.94 bits per heavy atom. The molecular weight excluding hydrogens is 364 g/mol. The summed E-state index contributed by atoms with van der Waals surface area (Å²) in [6.45, 7) is 0. The predicted octanol–water partition coefficient (Wildman–Crippen LogP) is 3.53. The van der Waals surface area contributed by atoms with Gasteiger partial charge in [-0.2, -0.15) is 0 Å². The minimum atomic E-state index is -5.06. The van der Waals surface area contributed by atoms with E-state index in [-0.39, 0.29) is 3.57 Å². The number of rotatable bonds is 3. The standard InChI is InChI=1S/C8H5F5INO2/c1-16-7-4(6(9)10)5(3(14)2-15-7)17-8(11,12)13/h2,6H,1H3. The van der Waals surface area contributed by atoms with Gasteiger partial charge in [0.25, 0.3) is 6.43 Å². The Morgan fingerprint density at radius 3 is 2.35 bits per heavy atom. The summed E-state index contributed by atoms with van der Waals surface area (Å²) in [5.74, 6) is -1.58. The molecule has 0 amide bonds. The highest BCUT2D eigenvalue weighted by atomic mass is 127. The molecule has 0 aromatic carbocycles. The van der Waals surface area contributed by atoms with Crippen molar-refractivity contribution in [2.75, 3.05) is 7.11 Å². The van der Waals surface area contributed by atoms with Gasteiger partial charge in [-0.05, 0) is 22.6 Å². The molecule has 1 heterocycles. The first-order valence-electron chi connectivity index (χ1n) is 4.02. The number of hydrogen-bond acceptors (Lipinski definition) is 3. The summed E-state index contributed by atoms with van der Waals surface area (Å²) in [7, 11) is 1.03. The van der Waals surface area contributed by atoms with Gasteiger partial charge < -0.3 is 9.47 Å². The molecule has 0 aliphatic carbocycles. The first kappa shape index (κ1) is 14.2. The zero-order chi connectivity index (χ0) is 13.2. The zero-order valence-electron chi connectivity index (χ0n) is 8.19. The maximum atomic E-state index is 12.7. The molecule has 96 valence electrons. The van der Waals surface area contributed by atoms with Gasteiger partial charge in [0.15, 0.2) is 5.75 Å². The van der Waals surface area contributed by atoms with Gasteiger partial charge in [0.2, 0.25) is 5.88 Å². The highest BCUT2D eigenvalue weighted by Gasteiger charge is 2.36. The second kappa shape index (κ2) is 5.19. The summed E-state index contributed by atoms with van der Waals surface area (Å²) >= 11 is 1.42. The molecule has 0 spiro atoms. The lowest BCUT2D eigenvalue weighted by Gasteiger charge is -2.16. The van der Waals surface area contributed by atoms with Crippen molar-refractivity contribution in [3.05, 3.63) is 15.3 Å². The van der Waals surface area contributed by atoms with Crippen molar-refractivity contribution >= 4 is 22.6 Å². The van der Waals surface area contributed by atoms with Crippen molar-refractivity contribution in [3.8, 4) is 11.6 Å². The number of alkyl halides is 5. The van der Waals surface area contributed by atoms with E-state index in [0.29, 0.717) is 0 Å². The lowest BCUT2D eigenvalue weighted by molar-refractivity contribution is -0.275. The van der Waals surface area contributed by atoms with Crippen LogP contribution in [0.2, 0.25) is 0 Å². The van der Waals surface area contributed by atoms with Gasteiger partial charge in [-0.15, -0.1) is 13.2 Å². The van der Waals surface area contributed by atoms with Gasteiger partial charge in [-0.3, -0.25) is 0 Å². The molecule has 17 heavy (non-hydrogen) atoms. The lowest BCUT2D eigenvalue weighted by atomic mass is 10.2. The van der Waals surface area contributed by atoms with Crippen molar-refractivity contribution in [1.82, 2.24) is 4.98 Å². The SMILES string of the molecule is COc1ncc(I)c(OC(F)(F)F)c1C(F)F. The van der Waals surface area contributed by atoms with Crippen LogP contribution >= 0.6 is 22.6 Å². The minimum absolute atomic E-state index is 0.184. The second-order valence-corrected chi connectivity index (χ2v) is 3.87. The van der Waals surface area contributed by atoms with E-state index in [9.17, 15) is 22.0 Å². The highest BCUT2D eigenvalue weighted by molar-refractivity contribution is 14.1. The van der Waals surface area contributed by atoms with Crippen LogP contribution in [0.15, 0.2) is 6.20 Å². The molecule has 1 aromatic heterocycles. The van der Waals surface area contributed by atoms with E-state index >= 15 is 0 Å². The van der Waals surface area contributed by atoms with Crippen LogP contribution in [0.3, 0.4) is 0 Å². The lowest BCUT2D eigenvalue weighted by Crippen LogP contribution is -2.19. The first-order chi connectivity index (χ1) is 7.76. The van der Waals surface area contributed by atoms with Gasteiger partial charge in [0.05, 0.1) is 10.7 Å². The van der Waals surface area contributed by atoms with Crippen LogP contribution < -0.4 is 9.47 Å². The highest BCUT2D eigenvalue weighted by Crippen LogP contribution is 2.40. The van der Waals surface area contributed by atoms with E-state index in [4.69, 9.17) is 0 Å². The van der Waals surface area contributed by atoms with Crippen LogP contribution in [-0.2, 0) is 0 Å². The fourth-order valence-electron chi connectivity index (χ4n) is 1.04. The minimum Gasteiger partial charge on any atom is -0.481 e. The smallest absolute Gasteiger partial charge is 0.481 e. The molecule has 0 unspecified atom stereocenters. The van der Waals surface area contributed by atoms with Crippen molar-refractivity contribution < 1.29 is 31.4 Å². The number of ether oxygens (including phenoxy) is 2. The van der Waals surface area contributed by atoms with Crippen molar-refractivity contribution in [2.45, 2.75) is 12.8 Å². The Morgan fingerprint density at radius 1 is 1.35 bits per heavy atom. The third kappa shape index (κ3) is 3.54. The van der Waals surface area contributed by atoms with Crippen LogP contribution in [0, 0.1) is 3.57 Å². The van der Waals surface area contributed by atoms with Gasteiger partial charge in [0.1, 0.15) is 5.56 Å². The molecule has 9 heteroatoms. The molecule has 0 radical (unpaired) electrons. The van der Waals surface area contributed by atoms with Crippen molar-refractivity contribution in [2.24, 2.45) is 0 Å². The van der Waals surface area contributed by atoms with Crippen molar-refractivity contribution in [1.29, 1.82) is 0 Å². The average Bonchev–Trinajstić information content (AvgIpc) is 2.18. The number of aromatic nitrogens is 1. The Hall–Kier alpha value is -0.870. The molecule has 0 N–H and O–H groups in total. The molecule has 0 saturated carbocycles. The van der Waals surface area contributed by atoms with Gasteiger partial charge in [0, 0.05) is 6.20 Å². The third-order valence-electron chi connectivity index (χ3n) is 1.62. The third-order valence-corrected chi connectivity index (χ3v) is 2.38. The summed E-state index contributed by atoms with van der Waals surface area (Å²) in [6, 6.07) is 0. The second-order valence-electron chi connectivity index (χ2n) is 2.71. The van der Waals surface area contributed by atoms with Crippen LogP contribution in [0.1, 0.15) is 12.0 Å². The van der Waals surface area contributed by atoms with E-state index in [1.165, 1.54) is 22.6 Å².